The quantitative estimate of drug-likeness (QED) is 0.819. The molecule has 2 aromatic rings. The lowest BCUT2D eigenvalue weighted by Crippen LogP contribution is -2.30. The van der Waals surface area contributed by atoms with Crippen LogP contribution >= 0.6 is 0 Å². The first-order valence-electron chi connectivity index (χ1n) is 8.05. The topological polar surface area (TPSA) is 66.5 Å². The van der Waals surface area contributed by atoms with E-state index in [0.717, 1.165) is 24.5 Å². The summed E-state index contributed by atoms with van der Waals surface area (Å²) in [6.07, 6.45) is 1.77. The van der Waals surface area contributed by atoms with E-state index in [9.17, 15) is 4.79 Å². The Balaban J connectivity index is 1.99. The fourth-order valence-corrected chi connectivity index (χ4v) is 2.43. The summed E-state index contributed by atoms with van der Waals surface area (Å²) in [5.41, 5.74) is 1.67. The summed E-state index contributed by atoms with van der Waals surface area (Å²) in [6, 6.07) is 10.8. The third kappa shape index (κ3) is 4.62. The molecule has 2 rings (SSSR count). The number of anilines is 2. The summed E-state index contributed by atoms with van der Waals surface area (Å²) in [5.74, 6) is 1.60. The number of nitrogens with one attached hydrogen (secondary N) is 2. The summed E-state index contributed by atoms with van der Waals surface area (Å²) in [5, 5.41) is 5.67. The molecule has 0 aliphatic carbocycles. The molecule has 6 nitrogen and oxygen atoms in total. The Morgan fingerprint density at radius 2 is 2.00 bits per heavy atom. The van der Waals surface area contributed by atoms with Crippen LogP contribution in [-0.4, -0.2) is 31.2 Å². The molecule has 2 N–H and O–H groups in total. The van der Waals surface area contributed by atoms with Gasteiger partial charge in [0.15, 0.2) is 0 Å². The van der Waals surface area contributed by atoms with Crippen molar-refractivity contribution < 1.29 is 9.53 Å². The number of ether oxygens (including phenoxy) is 1. The molecule has 0 aliphatic rings. The largest absolute Gasteiger partial charge is 0.497 e. The van der Waals surface area contributed by atoms with Crippen molar-refractivity contribution in [2.75, 3.05) is 30.4 Å². The number of carbonyl (C=O) groups excluding carboxylic acids is 1. The number of hydrogen-bond acceptors (Lipinski definition) is 4. The van der Waals surface area contributed by atoms with Gasteiger partial charge in [-0.15, -0.1) is 0 Å². The van der Waals surface area contributed by atoms with Crippen LogP contribution in [0, 0.1) is 0 Å². The standard InChI is InChI=1S/C18H24N4O2/c1-4-22(5-2)17-14(8-7-11-19-17)13-20-18(23)21-15-9-6-10-16(12-15)24-3/h6-12H,4-5,13H2,1-3H3,(H2,20,21,23). The summed E-state index contributed by atoms with van der Waals surface area (Å²) in [6.45, 7) is 6.33. The highest BCUT2D eigenvalue weighted by molar-refractivity contribution is 5.89. The second-order valence-electron chi connectivity index (χ2n) is 5.20. The van der Waals surface area contributed by atoms with Crippen molar-refractivity contribution in [3.05, 3.63) is 48.2 Å². The summed E-state index contributed by atoms with van der Waals surface area (Å²) < 4.78 is 5.15. The zero-order valence-electron chi connectivity index (χ0n) is 14.4. The van der Waals surface area contributed by atoms with Crippen LogP contribution in [-0.2, 0) is 6.54 Å². The molecule has 1 heterocycles. The van der Waals surface area contributed by atoms with Crippen LogP contribution in [0.25, 0.3) is 0 Å². The van der Waals surface area contributed by atoms with Crippen LogP contribution in [0.1, 0.15) is 19.4 Å². The van der Waals surface area contributed by atoms with E-state index in [1.54, 1.807) is 19.4 Å². The molecule has 0 radical (unpaired) electrons. The summed E-state index contributed by atoms with van der Waals surface area (Å²) >= 11 is 0. The van der Waals surface area contributed by atoms with E-state index in [2.05, 4.69) is 34.4 Å². The number of benzene rings is 1. The van der Waals surface area contributed by atoms with E-state index in [1.165, 1.54) is 0 Å². The van der Waals surface area contributed by atoms with E-state index in [1.807, 2.05) is 30.3 Å². The second kappa shape index (κ2) is 8.76. The molecule has 0 bridgehead atoms. The number of methoxy groups -OCH3 is 1. The van der Waals surface area contributed by atoms with E-state index < -0.39 is 0 Å². The Hall–Kier alpha value is -2.76. The van der Waals surface area contributed by atoms with Crippen LogP contribution in [0.3, 0.4) is 0 Å². The van der Waals surface area contributed by atoms with Crippen LogP contribution in [0.5, 0.6) is 5.75 Å². The lowest BCUT2D eigenvalue weighted by atomic mass is 10.2. The number of amides is 2. The van der Waals surface area contributed by atoms with Crippen molar-refractivity contribution in [2.45, 2.75) is 20.4 Å². The average molecular weight is 328 g/mol. The van der Waals surface area contributed by atoms with Gasteiger partial charge in [-0.2, -0.15) is 0 Å². The summed E-state index contributed by atoms with van der Waals surface area (Å²) in [4.78, 5) is 18.7. The van der Waals surface area contributed by atoms with Gasteiger partial charge in [-0.05, 0) is 32.0 Å². The minimum atomic E-state index is -0.266. The van der Waals surface area contributed by atoms with Gasteiger partial charge >= 0.3 is 6.03 Å². The number of urea groups is 1. The monoisotopic (exact) mass is 328 g/mol. The fourth-order valence-electron chi connectivity index (χ4n) is 2.43. The number of rotatable bonds is 7. The molecule has 0 unspecified atom stereocenters. The van der Waals surface area contributed by atoms with Crippen LogP contribution in [0.4, 0.5) is 16.3 Å². The first kappa shape index (κ1) is 17.6. The molecule has 0 saturated heterocycles. The smallest absolute Gasteiger partial charge is 0.319 e. The molecular formula is C18H24N4O2. The Morgan fingerprint density at radius 1 is 1.21 bits per heavy atom. The molecule has 24 heavy (non-hydrogen) atoms. The maximum Gasteiger partial charge on any atom is 0.319 e. The molecule has 2 amide bonds. The third-order valence-electron chi connectivity index (χ3n) is 3.70. The zero-order valence-corrected chi connectivity index (χ0v) is 14.4. The van der Waals surface area contributed by atoms with Crippen molar-refractivity contribution >= 4 is 17.5 Å². The van der Waals surface area contributed by atoms with Crippen LogP contribution < -0.4 is 20.3 Å². The van der Waals surface area contributed by atoms with Gasteiger partial charge in [-0.1, -0.05) is 12.1 Å². The number of pyridine rings is 1. The predicted octanol–water partition coefficient (Wildman–Crippen LogP) is 3.26. The SMILES string of the molecule is CCN(CC)c1ncccc1CNC(=O)Nc1cccc(OC)c1. The second-order valence-corrected chi connectivity index (χ2v) is 5.20. The maximum atomic E-state index is 12.1. The van der Waals surface area contributed by atoms with Gasteiger partial charge in [0, 0.05) is 43.1 Å². The van der Waals surface area contributed by atoms with Gasteiger partial charge < -0.3 is 20.3 Å². The van der Waals surface area contributed by atoms with E-state index in [-0.39, 0.29) is 6.03 Å². The molecular weight excluding hydrogens is 304 g/mol. The lowest BCUT2D eigenvalue weighted by molar-refractivity contribution is 0.251. The first-order valence-corrected chi connectivity index (χ1v) is 8.05. The van der Waals surface area contributed by atoms with E-state index in [4.69, 9.17) is 4.74 Å². The van der Waals surface area contributed by atoms with Crippen molar-refractivity contribution in [1.29, 1.82) is 0 Å². The molecule has 0 fully saturated rings. The number of carbonyl (C=O) groups is 1. The maximum absolute atomic E-state index is 12.1. The normalized spacial score (nSPS) is 10.1. The number of hydrogen-bond donors (Lipinski definition) is 2. The Bertz CT molecular complexity index is 672. The number of nitrogens with zero attached hydrogens (tertiary/aromatic N) is 2. The fraction of sp³-hybridized carbons (Fsp3) is 0.333. The first-order chi connectivity index (χ1) is 11.7. The molecule has 1 aromatic heterocycles. The van der Waals surface area contributed by atoms with Crippen molar-refractivity contribution in [1.82, 2.24) is 10.3 Å². The molecule has 0 aliphatic heterocycles. The van der Waals surface area contributed by atoms with Gasteiger partial charge in [-0.25, -0.2) is 9.78 Å². The minimum absolute atomic E-state index is 0.266. The Kier molecular flexibility index (Phi) is 6.42. The molecule has 0 atom stereocenters. The molecule has 0 saturated carbocycles. The molecule has 128 valence electrons. The van der Waals surface area contributed by atoms with E-state index >= 15 is 0 Å². The molecule has 6 heteroatoms. The Labute approximate surface area is 142 Å². The Morgan fingerprint density at radius 3 is 2.71 bits per heavy atom. The van der Waals surface area contributed by atoms with Gasteiger partial charge in [0.25, 0.3) is 0 Å². The van der Waals surface area contributed by atoms with Crippen molar-refractivity contribution in [3.8, 4) is 5.75 Å². The average Bonchev–Trinajstić information content (AvgIpc) is 2.62. The predicted molar refractivity (Wildman–Crippen MR) is 96.7 cm³/mol. The molecule has 0 spiro atoms. The highest BCUT2D eigenvalue weighted by Gasteiger charge is 2.10. The molecule has 1 aromatic carbocycles. The highest BCUT2D eigenvalue weighted by atomic mass is 16.5. The van der Waals surface area contributed by atoms with Gasteiger partial charge in [0.1, 0.15) is 11.6 Å². The van der Waals surface area contributed by atoms with Gasteiger partial charge in [0.2, 0.25) is 0 Å². The van der Waals surface area contributed by atoms with Crippen LogP contribution in [0.2, 0.25) is 0 Å². The zero-order chi connectivity index (χ0) is 17.4. The highest BCUT2D eigenvalue weighted by Crippen LogP contribution is 2.18. The third-order valence-corrected chi connectivity index (χ3v) is 3.70. The van der Waals surface area contributed by atoms with Crippen LogP contribution in [0.15, 0.2) is 42.6 Å². The van der Waals surface area contributed by atoms with Crippen molar-refractivity contribution in [2.24, 2.45) is 0 Å². The minimum Gasteiger partial charge on any atom is -0.497 e. The number of aromatic nitrogens is 1. The van der Waals surface area contributed by atoms with Gasteiger partial charge in [-0.3, -0.25) is 0 Å². The van der Waals surface area contributed by atoms with E-state index in [0.29, 0.717) is 18.0 Å². The van der Waals surface area contributed by atoms with Crippen molar-refractivity contribution in [3.63, 3.8) is 0 Å². The lowest BCUT2D eigenvalue weighted by Gasteiger charge is -2.22. The summed E-state index contributed by atoms with van der Waals surface area (Å²) in [7, 11) is 1.59. The van der Waals surface area contributed by atoms with Gasteiger partial charge in [0.05, 0.1) is 7.11 Å².